The van der Waals surface area contributed by atoms with Crippen molar-refractivity contribution in [3.05, 3.63) is 35.4 Å². The van der Waals surface area contributed by atoms with Crippen LogP contribution in [0.15, 0.2) is 24.3 Å². The number of amides is 1. The first-order chi connectivity index (χ1) is 8.93. The van der Waals surface area contributed by atoms with Crippen LogP contribution in [0.1, 0.15) is 28.8 Å². The summed E-state index contributed by atoms with van der Waals surface area (Å²) in [6.07, 6.45) is -2.65. The molecule has 1 aliphatic heterocycles. The highest BCUT2D eigenvalue weighted by Gasteiger charge is 2.31. The molecule has 2 rings (SSSR count). The zero-order valence-electron chi connectivity index (χ0n) is 10.3. The quantitative estimate of drug-likeness (QED) is 0.897. The third kappa shape index (κ3) is 2.89. The van der Waals surface area contributed by atoms with Crippen LogP contribution in [-0.2, 0) is 6.18 Å². The van der Waals surface area contributed by atoms with E-state index in [0.29, 0.717) is 13.1 Å². The summed E-state index contributed by atoms with van der Waals surface area (Å²) in [5.41, 5.74) is 5.10. The van der Waals surface area contributed by atoms with E-state index in [2.05, 4.69) is 0 Å². The maximum absolute atomic E-state index is 12.4. The number of alkyl halides is 3. The summed E-state index contributed by atoms with van der Waals surface area (Å²) in [5, 5.41) is 0. The lowest BCUT2D eigenvalue weighted by molar-refractivity contribution is -0.137. The van der Waals surface area contributed by atoms with E-state index in [1.807, 2.05) is 0 Å². The Kier molecular flexibility index (Phi) is 3.80. The van der Waals surface area contributed by atoms with Crippen LogP contribution >= 0.6 is 0 Å². The SMILES string of the molecule is NCC1CCCN1C(=O)c1ccc(C(F)(F)F)cc1. The van der Waals surface area contributed by atoms with E-state index in [0.717, 1.165) is 25.0 Å². The van der Waals surface area contributed by atoms with Gasteiger partial charge in [0.05, 0.1) is 5.56 Å². The first kappa shape index (κ1) is 13.9. The number of benzene rings is 1. The fourth-order valence-electron chi connectivity index (χ4n) is 2.32. The maximum atomic E-state index is 12.4. The van der Waals surface area contributed by atoms with Crippen molar-refractivity contribution in [1.29, 1.82) is 0 Å². The zero-order chi connectivity index (χ0) is 14.0. The molecule has 2 N–H and O–H groups in total. The monoisotopic (exact) mass is 272 g/mol. The van der Waals surface area contributed by atoms with E-state index in [1.54, 1.807) is 4.90 Å². The van der Waals surface area contributed by atoms with Gasteiger partial charge in [0.2, 0.25) is 0 Å². The van der Waals surface area contributed by atoms with E-state index >= 15 is 0 Å². The van der Waals surface area contributed by atoms with Gasteiger partial charge in [-0.1, -0.05) is 0 Å². The van der Waals surface area contributed by atoms with Crippen LogP contribution in [0.25, 0.3) is 0 Å². The molecule has 1 aromatic rings. The van der Waals surface area contributed by atoms with Gasteiger partial charge in [0.15, 0.2) is 0 Å². The summed E-state index contributed by atoms with van der Waals surface area (Å²) in [4.78, 5) is 13.8. The number of hydrogen-bond donors (Lipinski definition) is 1. The van der Waals surface area contributed by atoms with Crippen molar-refractivity contribution >= 4 is 5.91 Å². The van der Waals surface area contributed by atoms with Crippen LogP contribution in [0.3, 0.4) is 0 Å². The molecule has 1 amide bonds. The van der Waals surface area contributed by atoms with Gasteiger partial charge in [0.1, 0.15) is 0 Å². The average molecular weight is 272 g/mol. The Bertz CT molecular complexity index is 456. The highest BCUT2D eigenvalue weighted by atomic mass is 19.4. The van der Waals surface area contributed by atoms with Crippen molar-refractivity contribution in [2.75, 3.05) is 13.1 Å². The molecule has 3 nitrogen and oxygen atoms in total. The van der Waals surface area contributed by atoms with Gasteiger partial charge in [-0.2, -0.15) is 13.2 Å². The van der Waals surface area contributed by atoms with Gasteiger partial charge in [-0.25, -0.2) is 0 Å². The summed E-state index contributed by atoms with van der Waals surface area (Å²) in [6, 6.07) is 4.30. The van der Waals surface area contributed by atoms with Gasteiger partial charge in [-0.05, 0) is 37.1 Å². The van der Waals surface area contributed by atoms with Gasteiger partial charge in [-0.15, -0.1) is 0 Å². The normalized spacial score (nSPS) is 19.8. The minimum Gasteiger partial charge on any atom is -0.334 e. The van der Waals surface area contributed by atoms with E-state index in [1.165, 1.54) is 12.1 Å². The fourth-order valence-corrected chi connectivity index (χ4v) is 2.32. The molecule has 0 aromatic heterocycles. The molecule has 1 unspecified atom stereocenters. The third-order valence-electron chi connectivity index (χ3n) is 3.37. The Morgan fingerprint density at radius 3 is 2.47 bits per heavy atom. The Hall–Kier alpha value is -1.56. The first-order valence-corrected chi connectivity index (χ1v) is 6.12. The minimum absolute atomic E-state index is 0.00482. The second-order valence-corrected chi connectivity index (χ2v) is 4.61. The number of halogens is 3. The Morgan fingerprint density at radius 1 is 1.32 bits per heavy atom. The topological polar surface area (TPSA) is 46.3 Å². The standard InChI is InChI=1S/C13H15F3N2O/c14-13(15,16)10-5-3-9(4-6-10)12(19)18-7-1-2-11(18)8-17/h3-6,11H,1-2,7-8,17H2. The predicted octanol–water partition coefficient (Wildman–Crippen LogP) is 2.27. The van der Waals surface area contributed by atoms with Crippen molar-refractivity contribution in [3.63, 3.8) is 0 Å². The van der Waals surface area contributed by atoms with Gasteiger partial charge in [0, 0.05) is 24.7 Å². The molecule has 1 fully saturated rings. The summed E-state index contributed by atoms with van der Waals surface area (Å²) >= 11 is 0. The molecule has 1 aliphatic rings. The molecule has 0 aliphatic carbocycles. The highest BCUT2D eigenvalue weighted by molar-refractivity contribution is 5.94. The lowest BCUT2D eigenvalue weighted by atomic mass is 10.1. The number of carbonyl (C=O) groups is 1. The molecule has 1 atom stereocenters. The molecular formula is C13H15F3N2O. The summed E-state index contributed by atoms with van der Waals surface area (Å²) in [7, 11) is 0. The number of hydrogen-bond acceptors (Lipinski definition) is 2. The largest absolute Gasteiger partial charge is 0.416 e. The molecule has 1 heterocycles. The predicted molar refractivity (Wildman–Crippen MR) is 64.6 cm³/mol. The molecule has 104 valence electrons. The molecule has 0 spiro atoms. The second kappa shape index (κ2) is 5.21. The van der Waals surface area contributed by atoms with Crippen molar-refractivity contribution in [3.8, 4) is 0 Å². The molecule has 6 heteroatoms. The molecule has 0 radical (unpaired) electrons. The Balaban J connectivity index is 2.16. The Labute approximate surface area is 109 Å². The number of likely N-dealkylation sites (tertiary alicyclic amines) is 1. The van der Waals surface area contributed by atoms with Crippen LogP contribution in [-0.4, -0.2) is 29.9 Å². The number of rotatable bonds is 2. The zero-order valence-corrected chi connectivity index (χ0v) is 10.3. The molecule has 1 aromatic carbocycles. The van der Waals surface area contributed by atoms with Gasteiger partial charge in [0.25, 0.3) is 5.91 Å². The molecule has 19 heavy (non-hydrogen) atoms. The molecule has 0 bridgehead atoms. The number of nitrogens with zero attached hydrogens (tertiary/aromatic N) is 1. The van der Waals surface area contributed by atoms with Crippen molar-refractivity contribution in [1.82, 2.24) is 4.90 Å². The van der Waals surface area contributed by atoms with Crippen LogP contribution < -0.4 is 5.73 Å². The van der Waals surface area contributed by atoms with Crippen LogP contribution in [0, 0.1) is 0 Å². The molecular weight excluding hydrogens is 257 g/mol. The Morgan fingerprint density at radius 2 is 1.95 bits per heavy atom. The first-order valence-electron chi connectivity index (χ1n) is 6.12. The molecule has 0 saturated carbocycles. The van der Waals surface area contributed by atoms with Crippen molar-refractivity contribution in [2.24, 2.45) is 5.73 Å². The smallest absolute Gasteiger partial charge is 0.334 e. The number of carbonyl (C=O) groups excluding carboxylic acids is 1. The summed E-state index contributed by atoms with van der Waals surface area (Å²) in [6.45, 7) is 0.994. The lowest BCUT2D eigenvalue weighted by Crippen LogP contribution is -2.39. The minimum atomic E-state index is -4.38. The van der Waals surface area contributed by atoms with Gasteiger partial charge in [-0.3, -0.25) is 4.79 Å². The van der Waals surface area contributed by atoms with Crippen LogP contribution in [0.5, 0.6) is 0 Å². The summed E-state index contributed by atoms with van der Waals surface area (Å²) < 4.78 is 37.3. The lowest BCUT2D eigenvalue weighted by Gasteiger charge is -2.23. The van der Waals surface area contributed by atoms with Gasteiger partial charge >= 0.3 is 6.18 Å². The third-order valence-corrected chi connectivity index (χ3v) is 3.37. The van der Waals surface area contributed by atoms with E-state index in [9.17, 15) is 18.0 Å². The van der Waals surface area contributed by atoms with Crippen LogP contribution in [0.4, 0.5) is 13.2 Å². The van der Waals surface area contributed by atoms with Gasteiger partial charge < -0.3 is 10.6 Å². The van der Waals surface area contributed by atoms with Crippen LogP contribution in [0.2, 0.25) is 0 Å². The molecule has 1 saturated heterocycles. The fraction of sp³-hybridized carbons (Fsp3) is 0.462. The second-order valence-electron chi connectivity index (χ2n) is 4.61. The van der Waals surface area contributed by atoms with E-state index in [4.69, 9.17) is 5.73 Å². The van der Waals surface area contributed by atoms with Crippen molar-refractivity contribution in [2.45, 2.75) is 25.1 Å². The summed E-state index contributed by atoms with van der Waals surface area (Å²) in [5.74, 6) is -0.248. The highest BCUT2D eigenvalue weighted by Crippen LogP contribution is 2.29. The average Bonchev–Trinajstić information content (AvgIpc) is 2.85. The van der Waals surface area contributed by atoms with Crippen molar-refractivity contribution < 1.29 is 18.0 Å². The maximum Gasteiger partial charge on any atom is 0.416 e. The number of nitrogens with two attached hydrogens (primary N) is 1. The van der Waals surface area contributed by atoms with E-state index in [-0.39, 0.29) is 17.5 Å². The van der Waals surface area contributed by atoms with E-state index < -0.39 is 11.7 Å².